The third kappa shape index (κ3) is 4.39. The minimum Gasteiger partial charge on any atom is -0.484 e. The summed E-state index contributed by atoms with van der Waals surface area (Å²) in [5, 5.41) is 10.6. The van der Waals surface area contributed by atoms with Crippen molar-refractivity contribution < 1.29 is 27.8 Å². The van der Waals surface area contributed by atoms with Gasteiger partial charge < -0.3 is 14.7 Å². The van der Waals surface area contributed by atoms with Gasteiger partial charge in [0.15, 0.2) is 6.61 Å². The highest BCUT2D eigenvalue weighted by atomic mass is 19.4. The van der Waals surface area contributed by atoms with E-state index in [0.717, 1.165) is 19.3 Å². The molecule has 0 aromatic heterocycles. The number of halogens is 3. The summed E-state index contributed by atoms with van der Waals surface area (Å²) >= 11 is 0. The lowest BCUT2D eigenvalue weighted by Gasteiger charge is -2.41. The highest BCUT2D eigenvalue weighted by molar-refractivity contribution is 6.00. The fourth-order valence-electron chi connectivity index (χ4n) is 4.33. The van der Waals surface area contributed by atoms with E-state index in [1.807, 2.05) is 6.92 Å². The van der Waals surface area contributed by atoms with Gasteiger partial charge in [0, 0.05) is 12.2 Å². The lowest BCUT2D eigenvalue weighted by Crippen LogP contribution is -2.43. The largest absolute Gasteiger partial charge is 0.484 e. The number of hydrogen-bond acceptors (Lipinski definition) is 3. The molecule has 4 nitrogen and oxygen atoms in total. The van der Waals surface area contributed by atoms with Gasteiger partial charge in [0.1, 0.15) is 5.75 Å². The second-order valence-electron chi connectivity index (χ2n) is 7.86. The van der Waals surface area contributed by atoms with Gasteiger partial charge in [-0.15, -0.1) is 0 Å². The number of carbonyl (C=O) groups is 1. The second kappa shape index (κ2) is 7.34. The molecule has 3 rings (SSSR count). The fourth-order valence-corrected chi connectivity index (χ4v) is 4.33. The summed E-state index contributed by atoms with van der Waals surface area (Å²) in [7, 11) is 0. The second-order valence-corrected chi connectivity index (χ2v) is 7.86. The van der Waals surface area contributed by atoms with Crippen LogP contribution in [0.25, 0.3) is 0 Å². The highest BCUT2D eigenvalue weighted by Gasteiger charge is 2.51. The Morgan fingerprint density at radius 3 is 2.30 bits per heavy atom. The van der Waals surface area contributed by atoms with Crippen molar-refractivity contribution in [2.24, 2.45) is 5.41 Å². The molecule has 2 aliphatic rings. The number of anilines is 1. The van der Waals surface area contributed by atoms with E-state index >= 15 is 0 Å². The molecule has 0 bridgehead atoms. The standard InChI is InChI=1S/C20H26F3NO3/c1-2-7-19(26)10-8-18(9-11-19)12-13-24(17(18)25)15-3-5-16(6-4-15)27-14-20(21,22)23/h3-6,26H,2,7-14H2,1H3. The van der Waals surface area contributed by atoms with Crippen molar-refractivity contribution in [1.82, 2.24) is 0 Å². The van der Waals surface area contributed by atoms with Crippen LogP contribution in [-0.2, 0) is 4.79 Å². The van der Waals surface area contributed by atoms with E-state index in [1.54, 1.807) is 17.0 Å². The van der Waals surface area contributed by atoms with Gasteiger partial charge in [-0.2, -0.15) is 13.2 Å². The summed E-state index contributed by atoms with van der Waals surface area (Å²) in [6, 6.07) is 6.16. The predicted octanol–water partition coefficient (Wildman–Crippen LogP) is 4.46. The van der Waals surface area contributed by atoms with Crippen molar-refractivity contribution in [2.45, 2.75) is 63.6 Å². The van der Waals surface area contributed by atoms with Gasteiger partial charge >= 0.3 is 6.18 Å². The lowest BCUT2D eigenvalue weighted by molar-refractivity contribution is -0.153. The molecule has 1 spiro atoms. The minimum atomic E-state index is -4.38. The van der Waals surface area contributed by atoms with Crippen LogP contribution in [0.15, 0.2) is 24.3 Å². The number of rotatable bonds is 5. The molecule has 0 radical (unpaired) electrons. The van der Waals surface area contributed by atoms with Gasteiger partial charge in [0.05, 0.1) is 11.0 Å². The smallest absolute Gasteiger partial charge is 0.422 e. The molecule has 27 heavy (non-hydrogen) atoms. The van der Waals surface area contributed by atoms with Gasteiger partial charge in [-0.3, -0.25) is 4.79 Å². The maximum atomic E-state index is 13.1. The van der Waals surface area contributed by atoms with Gasteiger partial charge in [-0.05, 0) is 62.8 Å². The predicted molar refractivity (Wildman–Crippen MR) is 95.7 cm³/mol. The number of hydrogen-bond donors (Lipinski definition) is 1. The van der Waals surface area contributed by atoms with Gasteiger partial charge in [0.25, 0.3) is 0 Å². The molecule has 7 heteroatoms. The molecule has 1 saturated carbocycles. The zero-order valence-corrected chi connectivity index (χ0v) is 15.5. The number of carbonyl (C=O) groups excluding carboxylic acids is 1. The zero-order valence-electron chi connectivity index (χ0n) is 15.5. The maximum Gasteiger partial charge on any atom is 0.422 e. The molecule has 1 aromatic carbocycles. The first kappa shape index (κ1) is 20.0. The molecular formula is C20H26F3NO3. The van der Waals surface area contributed by atoms with Crippen molar-refractivity contribution in [3.63, 3.8) is 0 Å². The molecule has 1 aromatic rings. The minimum absolute atomic E-state index is 0.0602. The fraction of sp³-hybridized carbons (Fsp3) is 0.650. The van der Waals surface area contributed by atoms with Crippen LogP contribution >= 0.6 is 0 Å². The molecule has 1 aliphatic carbocycles. The first-order chi connectivity index (χ1) is 12.7. The number of ether oxygens (including phenoxy) is 1. The first-order valence-corrected chi connectivity index (χ1v) is 9.50. The van der Waals surface area contributed by atoms with E-state index in [1.165, 1.54) is 12.1 Å². The molecule has 1 saturated heterocycles. The monoisotopic (exact) mass is 385 g/mol. The van der Waals surface area contributed by atoms with Crippen LogP contribution < -0.4 is 9.64 Å². The summed E-state index contributed by atoms with van der Waals surface area (Å²) in [6.45, 7) is 1.31. The van der Waals surface area contributed by atoms with Gasteiger partial charge in [-0.1, -0.05) is 13.3 Å². The quantitative estimate of drug-likeness (QED) is 0.814. The molecule has 150 valence electrons. The Kier molecular flexibility index (Phi) is 5.43. The van der Waals surface area contributed by atoms with Crippen LogP contribution in [0.2, 0.25) is 0 Å². The van der Waals surface area contributed by atoms with Gasteiger partial charge in [0.2, 0.25) is 5.91 Å². The first-order valence-electron chi connectivity index (χ1n) is 9.50. The normalized spacial score (nSPS) is 28.8. The average molecular weight is 385 g/mol. The third-order valence-corrected chi connectivity index (χ3v) is 5.92. The Morgan fingerprint density at radius 2 is 1.74 bits per heavy atom. The van der Waals surface area contributed by atoms with Gasteiger partial charge in [-0.25, -0.2) is 0 Å². The van der Waals surface area contributed by atoms with Crippen molar-refractivity contribution >= 4 is 11.6 Å². The van der Waals surface area contributed by atoms with Crippen molar-refractivity contribution in [2.75, 3.05) is 18.1 Å². The summed E-state index contributed by atoms with van der Waals surface area (Å²) in [4.78, 5) is 14.8. The van der Waals surface area contributed by atoms with Crippen LogP contribution in [0.1, 0.15) is 51.9 Å². The summed E-state index contributed by atoms with van der Waals surface area (Å²) in [5.41, 5.74) is -0.387. The maximum absolute atomic E-state index is 13.1. The highest BCUT2D eigenvalue weighted by Crippen LogP contribution is 2.49. The van der Waals surface area contributed by atoms with Crippen LogP contribution in [-0.4, -0.2) is 35.9 Å². The van der Waals surface area contributed by atoms with Crippen molar-refractivity contribution in [3.05, 3.63) is 24.3 Å². The number of amides is 1. The van der Waals surface area contributed by atoms with E-state index in [-0.39, 0.29) is 11.7 Å². The topological polar surface area (TPSA) is 49.8 Å². The molecule has 0 atom stereocenters. The Bertz CT molecular complexity index is 664. The van der Waals surface area contributed by atoms with E-state index < -0.39 is 23.8 Å². The van der Waals surface area contributed by atoms with E-state index in [4.69, 9.17) is 4.74 Å². The van der Waals surface area contributed by atoms with Crippen LogP contribution in [0.3, 0.4) is 0 Å². The van der Waals surface area contributed by atoms with Crippen LogP contribution in [0.4, 0.5) is 18.9 Å². The Labute approximate surface area is 157 Å². The number of benzene rings is 1. The molecule has 2 fully saturated rings. The molecule has 0 unspecified atom stereocenters. The molecule has 1 aliphatic heterocycles. The van der Waals surface area contributed by atoms with Crippen molar-refractivity contribution in [1.29, 1.82) is 0 Å². The third-order valence-electron chi connectivity index (χ3n) is 5.92. The summed E-state index contributed by atoms with van der Waals surface area (Å²) in [5.74, 6) is 0.185. The number of alkyl halides is 3. The van der Waals surface area contributed by atoms with E-state index in [2.05, 4.69) is 0 Å². The number of aliphatic hydroxyl groups is 1. The number of nitrogens with zero attached hydrogens (tertiary/aromatic N) is 1. The molecule has 1 N–H and O–H groups in total. The molecular weight excluding hydrogens is 359 g/mol. The van der Waals surface area contributed by atoms with Crippen LogP contribution in [0.5, 0.6) is 5.75 Å². The molecule has 1 amide bonds. The Morgan fingerprint density at radius 1 is 1.11 bits per heavy atom. The molecule has 1 heterocycles. The SMILES string of the molecule is CCCC1(O)CCC2(CCN(c3ccc(OCC(F)(F)F)cc3)C2=O)CC1. The Hall–Kier alpha value is -1.76. The summed E-state index contributed by atoms with van der Waals surface area (Å²) < 4.78 is 41.4. The Balaban J connectivity index is 1.64. The van der Waals surface area contributed by atoms with Crippen LogP contribution in [0, 0.1) is 5.41 Å². The average Bonchev–Trinajstić information content (AvgIpc) is 2.93. The van der Waals surface area contributed by atoms with E-state index in [0.29, 0.717) is 37.9 Å². The summed E-state index contributed by atoms with van der Waals surface area (Å²) in [6.07, 6.45) is 0.718. The van der Waals surface area contributed by atoms with Crippen molar-refractivity contribution in [3.8, 4) is 5.75 Å². The zero-order chi connectivity index (χ0) is 19.7. The lowest BCUT2D eigenvalue weighted by atomic mass is 9.67. The van der Waals surface area contributed by atoms with E-state index in [9.17, 15) is 23.1 Å².